The van der Waals surface area contributed by atoms with Crippen molar-refractivity contribution in [3.8, 4) is 0 Å². The van der Waals surface area contributed by atoms with Crippen molar-refractivity contribution in [3.63, 3.8) is 0 Å². The van der Waals surface area contributed by atoms with E-state index in [4.69, 9.17) is 10.2 Å². The summed E-state index contributed by atoms with van der Waals surface area (Å²) >= 11 is 0. The Kier molecular flexibility index (Phi) is 14.9. The zero-order chi connectivity index (χ0) is 14.9. The molecule has 0 aliphatic rings. The Labute approximate surface area is 124 Å². The van der Waals surface area contributed by atoms with E-state index in [-0.39, 0.29) is 5.76 Å². The van der Waals surface area contributed by atoms with Crippen LogP contribution in [0.15, 0.2) is 36.3 Å². The van der Waals surface area contributed by atoms with Gasteiger partial charge >= 0.3 is 0 Å². The average molecular weight is 280 g/mol. The van der Waals surface area contributed by atoms with Crippen molar-refractivity contribution in [1.29, 1.82) is 0 Å². The maximum Gasteiger partial charge on any atom is 0.149 e. The molecule has 0 atom stereocenters. The van der Waals surface area contributed by atoms with E-state index in [1.807, 2.05) is 6.08 Å². The molecule has 0 saturated carbocycles. The standard InChI is InChI=1S/C18H32O2/c1-2-3-4-5-6-7-8-9-10-11-12-13-14-15-16-18(20)17-19/h13-17,19-20H,2-12H2,1H3. The average Bonchev–Trinajstić information content (AvgIpc) is 2.47. The van der Waals surface area contributed by atoms with Crippen LogP contribution in [0.5, 0.6) is 0 Å². The third kappa shape index (κ3) is 14.9. The second-order valence-electron chi connectivity index (χ2n) is 5.31. The molecule has 0 amide bonds. The summed E-state index contributed by atoms with van der Waals surface area (Å²) in [7, 11) is 0. The van der Waals surface area contributed by atoms with Gasteiger partial charge in [0.2, 0.25) is 0 Å². The van der Waals surface area contributed by atoms with Gasteiger partial charge in [-0.15, -0.1) is 0 Å². The molecule has 0 bridgehead atoms. The largest absolute Gasteiger partial charge is 0.512 e. The lowest BCUT2D eigenvalue weighted by Gasteiger charge is -2.01. The third-order valence-corrected chi connectivity index (χ3v) is 3.37. The summed E-state index contributed by atoms with van der Waals surface area (Å²) in [5.41, 5.74) is 0. The molecule has 0 unspecified atom stereocenters. The molecule has 0 fully saturated rings. The predicted octanol–water partition coefficient (Wildman–Crippen LogP) is 6.37. The van der Waals surface area contributed by atoms with E-state index in [0.29, 0.717) is 6.26 Å². The maximum absolute atomic E-state index is 8.94. The van der Waals surface area contributed by atoms with Crippen molar-refractivity contribution < 1.29 is 10.2 Å². The first-order valence-electron chi connectivity index (χ1n) is 8.17. The monoisotopic (exact) mass is 280 g/mol. The van der Waals surface area contributed by atoms with Gasteiger partial charge in [0.05, 0.1) is 0 Å². The minimum atomic E-state index is -0.117. The van der Waals surface area contributed by atoms with Gasteiger partial charge in [0.25, 0.3) is 0 Å². The molecule has 0 heterocycles. The van der Waals surface area contributed by atoms with Crippen LogP contribution in [0.4, 0.5) is 0 Å². The number of aliphatic hydroxyl groups is 2. The normalized spacial score (nSPS) is 12.8. The number of rotatable bonds is 13. The van der Waals surface area contributed by atoms with Gasteiger partial charge in [-0.25, -0.2) is 0 Å². The smallest absolute Gasteiger partial charge is 0.149 e. The summed E-state index contributed by atoms with van der Waals surface area (Å²) in [6.45, 7) is 2.26. The molecule has 2 heteroatoms. The highest BCUT2D eigenvalue weighted by Gasteiger charge is 1.91. The zero-order valence-electron chi connectivity index (χ0n) is 13.1. The first-order valence-corrected chi connectivity index (χ1v) is 8.17. The van der Waals surface area contributed by atoms with Crippen LogP contribution in [0.25, 0.3) is 0 Å². The summed E-state index contributed by atoms with van der Waals surface area (Å²) in [4.78, 5) is 0. The van der Waals surface area contributed by atoms with Gasteiger partial charge in [-0.1, -0.05) is 82.9 Å². The van der Waals surface area contributed by atoms with Crippen LogP contribution in [-0.2, 0) is 0 Å². The number of hydrogen-bond acceptors (Lipinski definition) is 2. The van der Waals surface area contributed by atoms with Gasteiger partial charge in [-0.3, -0.25) is 0 Å². The molecule has 0 rings (SSSR count). The predicted molar refractivity (Wildman–Crippen MR) is 88.1 cm³/mol. The molecule has 116 valence electrons. The van der Waals surface area contributed by atoms with Crippen molar-refractivity contribution in [3.05, 3.63) is 36.3 Å². The Morgan fingerprint density at radius 2 is 1.35 bits per heavy atom. The lowest BCUT2D eigenvalue weighted by atomic mass is 10.1. The molecule has 0 aromatic carbocycles. The van der Waals surface area contributed by atoms with E-state index in [0.717, 1.165) is 6.42 Å². The summed E-state index contributed by atoms with van der Waals surface area (Å²) < 4.78 is 0. The van der Waals surface area contributed by atoms with Crippen LogP contribution in [0.1, 0.15) is 77.6 Å². The maximum atomic E-state index is 8.94. The molecule has 0 aromatic rings. The summed E-state index contributed by atoms with van der Waals surface area (Å²) in [5.74, 6) is -0.117. The second kappa shape index (κ2) is 15.9. The topological polar surface area (TPSA) is 40.5 Å². The number of hydrogen-bond donors (Lipinski definition) is 2. The highest BCUT2D eigenvalue weighted by atomic mass is 16.3. The van der Waals surface area contributed by atoms with E-state index in [9.17, 15) is 0 Å². The van der Waals surface area contributed by atoms with E-state index < -0.39 is 0 Å². The summed E-state index contributed by atoms with van der Waals surface area (Å²) in [6, 6.07) is 0. The van der Waals surface area contributed by atoms with E-state index >= 15 is 0 Å². The second-order valence-corrected chi connectivity index (χ2v) is 5.31. The van der Waals surface area contributed by atoms with Crippen LogP contribution in [0.3, 0.4) is 0 Å². The molecule has 2 nitrogen and oxygen atoms in total. The molecule has 0 radical (unpaired) electrons. The van der Waals surface area contributed by atoms with Gasteiger partial charge < -0.3 is 10.2 Å². The van der Waals surface area contributed by atoms with E-state index in [1.54, 1.807) is 6.08 Å². The Morgan fingerprint density at radius 1 is 0.800 bits per heavy atom. The highest BCUT2D eigenvalue weighted by Crippen LogP contribution is 2.11. The van der Waals surface area contributed by atoms with Gasteiger partial charge in [-0.05, 0) is 18.9 Å². The zero-order valence-corrected chi connectivity index (χ0v) is 13.1. The Morgan fingerprint density at radius 3 is 1.90 bits per heavy atom. The Bertz CT molecular complexity index is 277. The van der Waals surface area contributed by atoms with Gasteiger partial charge in [-0.2, -0.15) is 0 Å². The minimum absolute atomic E-state index is 0.117. The molecule has 2 N–H and O–H groups in total. The van der Waals surface area contributed by atoms with Crippen LogP contribution < -0.4 is 0 Å². The molecule has 0 saturated heterocycles. The van der Waals surface area contributed by atoms with E-state index in [1.165, 1.54) is 70.3 Å². The van der Waals surface area contributed by atoms with Crippen molar-refractivity contribution in [2.24, 2.45) is 0 Å². The fourth-order valence-electron chi connectivity index (χ4n) is 2.12. The number of allylic oxidation sites excluding steroid dienone is 4. The molecule has 0 aliphatic carbocycles. The molecule has 0 spiro atoms. The SMILES string of the molecule is CCCCCCCCCCCCC=CC=CC(O)=CO. The number of unbranched alkanes of at least 4 members (excludes halogenated alkanes) is 10. The van der Waals surface area contributed by atoms with Crippen molar-refractivity contribution in [1.82, 2.24) is 0 Å². The van der Waals surface area contributed by atoms with Gasteiger partial charge in [0.15, 0.2) is 0 Å². The lowest BCUT2D eigenvalue weighted by Crippen LogP contribution is -1.81. The van der Waals surface area contributed by atoms with Crippen molar-refractivity contribution >= 4 is 0 Å². The van der Waals surface area contributed by atoms with Crippen molar-refractivity contribution in [2.45, 2.75) is 77.6 Å². The first-order chi connectivity index (χ1) is 9.81. The van der Waals surface area contributed by atoms with Crippen LogP contribution in [-0.4, -0.2) is 10.2 Å². The molecule has 20 heavy (non-hydrogen) atoms. The fraction of sp³-hybridized carbons (Fsp3) is 0.667. The Balaban J connectivity index is 3.20. The molecule has 0 aliphatic heterocycles. The molecular weight excluding hydrogens is 248 g/mol. The quantitative estimate of drug-likeness (QED) is 0.234. The highest BCUT2D eigenvalue weighted by molar-refractivity contribution is 5.14. The fourth-order valence-corrected chi connectivity index (χ4v) is 2.12. The lowest BCUT2D eigenvalue weighted by molar-refractivity contribution is 0.377. The van der Waals surface area contributed by atoms with E-state index in [2.05, 4.69) is 13.0 Å². The van der Waals surface area contributed by atoms with Gasteiger partial charge in [0.1, 0.15) is 12.0 Å². The van der Waals surface area contributed by atoms with Gasteiger partial charge in [0, 0.05) is 0 Å². The van der Waals surface area contributed by atoms with Crippen LogP contribution >= 0.6 is 0 Å². The first kappa shape index (κ1) is 18.8. The van der Waals surface area contributed by atoms with Crippen LogP contribution in [0, 0.1) is 0 Å². The number of aliphatic hydroxyl groups excluding tert-OH is 2. The molecule has 0 aromatic heterocycles. The summed E-state index contributed by atoms with van der Waals surface area (Å²) in [5, 5.41) is 17.4. The Hall–Kier alpha value is -1.18. The molecular formula is C18H32O2. The minimum Gasteiger partial charge on any atom is -0.512 e. The van der Waals surface area contributed by atoms with Crippen LogP contribution in [0.2, 0.25) is 0 Å². The third-order valence-electron chi connectivity index (χ3n) is 3.37. The van der Waals surface area contributed by atoms with Crippen molar-refractivity contribution in [2.75, 3.05) is 0 Å². The summed E-state index contributed by atoms with van der Waals surface area (Å²) in [6.07, 6.45) is 22.6.